The van der Waals surface area contributed by atoms with Gasteiger partial charge in [0.15, 0.2) is 11.5 Å². The molecule has 3 aromatic rings. The third kappa shape index (κ3) is 2.69. The summed E-state index contributed by atoms with van der Waals surface area (Å²) >= 11 is 1.77. The zero-order valence-electron chi connectivity index (χ0n) is 13.2. The van der Waals surface area contributed by atoms with E-state index in [-0.39, 0.29) is 0 Å². The lowest BCUT2D eigenvalue weighted by atomic mass is 10.2. The molecule has 3 heterocycles. The first-order valence-electron chi connectivity index (χ1n) is 7.02. The first-order chi connectivity index (χ1) is 10.6. The van der Waals surface area contributed by atoms with Crippen molar-refractivity contribution in [1.29, 1.82) is 0 Å². The number of fused-ring (bicyclic) bond motifs is 1. The first kappa shape index (κ1) is 14.9. The fourth-order valence-electron chi connectivity index (χ4n) is 2.39. The van der Waals surface area contributed by atoms with Crippen LogP contribution in [0.1, 0.15) is 16.3 Å². The molecule has 3 aromatic heterocycles. The van der Waals surface area contributed by atoms with Crippen LogP contribution in [0.15, 0.2) is 17.6 Å². The molecule has 6 nitrogen and oxygen atoms in total. The standard InChI is InChI=1S/C15H19N5OS/c1-10-5-6-22-12(10)8-19(2)14-11-7-16-20(3)15(11)18-13(17-14)9-21-4/h5-7H,8-9H2,1-4H3. The monoisotopic (exact) mass is 317 g/mol. The van der Waals surface area contributed by atoms with Gasteiger partial charge in [0.05, 0.1) is 18.1 Å². The highest BCUT2D eigenvalue weighted by Gasteiger charge is 2.16. The number of hydrogen-bond acceptors (Lipinski definition) is 6. The van der Waals surface area contributed by atoms with Crippen LogP contribution in [0, 0.1) is 6.92 Å². The molecule has 22 heavy (non-hydrogen) atoms. The van der Waals surface area contributed by atoms with Crippen molar-refractivity contribution in [3.63, 3.8) is 0 Å². The molecule has 0 spiro atoms. The number of methoxy groups -OCH3 is 1. The van der Waals surface area contributed by atoms with Gasteiger partial charge in [-0.25, -0.2) is 9.97 Å². The second kappa shape index (κ2) is 6.02. The van der Waals surface area contributed by atoms with Crippen LogP contribution in [-0.4, -0.2) is 33.9 Å². The predicted molar refractivity (Wildman–Crippen MR) is 88.2 cm³/mol. The Labute approximate surface area is 133 Å². The van der Waals surface area contributed by atoms with E-state index in [1.165, 1.54) is 10.4 Å². The first-order valence-corrected chi connectivity index (χ1v) is 7.89. The molecule has 0 bridgehead atoms. The van der Waals surface area contributed by atoms with Crippen molar-refractivity contribution < 1.29 is 4.74 Å². The quantitative estimate of drug-likeness (QED) is 0.724. The summed E-state index contributed by atoms with van der Waals surface area (Å²) in [6, 6.07) is 2.14. The van der Waals surface area contributed by atoms with Crippen molar-refractivity contribution in [2.45, 2.75) is 20.1 Å². The van der Waals surface area contributed by atoms with E-state index in [4.69, 9.17) is 4.74 Å². The second-order valence-corrected chi connectivity index (χ2v) is 6.29. The Bertz CT molecular complexity index is 794. The van der Waals surface area contributed by atoms with Crippen molar-refractivity contribution in [2.24, 2.45) is 7.05 Å². The van der Waals surface area contributed by atoms with Gasteiger partial charge in [-0.05, 0) is 23.9 Å². The Morgan fingerprint density at radius 2 is 2.18 bits per heavy atom. The van der Waals surface area contributed by atoms with E-state index in [1.807, 2.05) is 20.3 Å². The van der Waals surface area contributed by atoms with Gasteiger partial charge in [-0.3, -0.25) is 4.68 Å². The Balaban J connectivity index is 2.02. The Kier molecular flexibility index (Phi) is 4.08. The Morgan fingerprint density at radius 3 is 2.86 bits per heavy atom. The topological polar surface area (TPSA) is 56.1 Å². The molecule has 0 aliphatic carbocycles. The summed E-state index contributed by atoms with van der Waals surface area (Å²) in [5.74, 6) is 1.56. The zero-order valence-corrected chi connectivity index (χ0v) is 14.0. The van der Waals surface area contributed by atoms with Crippen LogP contribution in [0.5, 0.6) is 0 Å². The van der Waals surface area contributed by atoms with Gasteiger partial charge in [0.1, 0.15) is 12.4 Å². The molecule has 116 valence electrons. The highest BCUT2D eigenvalue weighted by atomic mass is 32.1. The predicted octanol–water partition coefficient (Wildman–Crippen LogP) is 2.52. The molecule has 0 saturated carbocycles. The maximum atomic E-state index is 5.18. The smallest absolute Gasteiger partial charge is 0.163 e. The average Bonchev–Trinajstić information content (AvgIpc) is 3.06. The number of hydrogen-bond donors (Lipinski definition) is 0. The molecule has 0 fully saturated rings. The van der Waals surface area contributed by atoms with Gasteiger partial charge in [-0.1, -0.05) is 0 Å². The fraction of sp³-hybridized carbons (Fsp3) is 0.400. The van der Waals surface area contributed by atoms with Crippen LogP contribution in [-0.2, 0) is 24.9 Å². The summed E-state index contributed by atoms with van der Waals surface area (Å²) in [5.41, 5.74) is 2.14. The molecule has 0 aliphatic heterocycles. The van der Waals surface area contributed by atoms with Gasteiger partial charge >= 0.3 is 0 Å². The minimum absolute atomic E-state index is 0.389. The molecule has 0 amide bonds. The minimum atomic E-state index is 0.389. The van der Waals surface area contributed by atoms with E-state index in [2.05, 4.69) is 38.3 Å². The van der Waals surface area contributed by atoms with Crippen LogP contribution in [0.25, 0.3) is 11.0 Å². The van der Waals surface area contributed by atoms with Crippen molar-refractivity contribution in [2.75, 3.05) is 19.1 Å². The van der Waals surface area contributed by atoms with Crippen LogP contribution < -0.4 is 4.90 Å². The van der Waals surface area contributed by atoms with Crippen molar-refractivity contribution in [3.8, 4) is 0 Å². The van der Waals surface area contributed by atoms with Crippen LogP contribution >= 0.6 is 11.3 Å². The summed E-state index contributed by atoms with van der Waals surface area (Å²) in [6.45, 7) is 3.34. The third-order valence-electron chi connectivity index (χ3n) is 3.60. The van der Waals surface area contributed by atoms with Crippen molar-refractivity contribution >= 4 is 28.2 Å². The van der Waals surface area contributed by atoms with Gasteiger partial charge < -0.3 is 9.64 Å². The molecule has 0 unspecified atom stereocenters. The van der Waals surface area contributed by atoms with E-state index in [9.17, 15) is 0 Å². The Morgan fingerprint density at radius 1 is 1.36 bits per heavy atom. The van der Waals surface area contributed by atoms with Crippen LogP contribution in [0.4, 0.5) is 5.82 Å². The van der Waals surface area contributed by atoms with Crippen molar-refractivity contribution in [1.82, 2.24) is 19.7 Å². The third-order valence-corrected chi connectivity index (χ3v) is 4.61. The van der Waals surface area contributed by atoms with Crippen molar-refractivity contribution in [3.05, 3.63) is 33.9 Å². The molecular weight excluding hydrogens is 298 g/mol. The average molecular weight is 317 g/mol. The molecule has 0 aromatic carbocycles. The number of nitrogens with zero attached hydrogens (tertiary/aromatic N) is 5. The number of ether oxygens (including phenoxy) is 1. The number of anilines is 1. The lowest BCUT2D eigenvalue weighted by Crippen LogP contribution is -2.19. The molecule has 0 saturated heterocycles. The summed E-state index contributed by atoms with van der Waals surface area (Å²) in [5, 5.41) is 7.38. The second-order valence-electron chi connectivity index (χ2n) is 5.28. The summed E-state index contributed by atoms with van der Waals surface area (Å²) in [6.07, 6.45) is 1.82. The van der Waals surface area contributed by atoms with Crippen LogP contribution in [0.2, 0.25) is 0 Å². The van der Waals surface area contributed by atoms with E-state index >= 15 is 0 Å². The maximum Gasteiger partial charge on any atom is 0.163 e. The van der Waals surface area contributed by atoms with E-state index in [1.54, 1.807) is 23.1 Å². The Hall–Kier alpha value is -1.99. The minimum Gasteiger partial charge on any atom is -0.377 e. The van der Waals surface area contributed by atoms with E-state index in [0.29, 0.717) is 12.4 Å². The molecule has 0 N–H and O–H groups in total. The zero-order chi connectivity index (χ0) is 15.7. The van der Waals surface area contributed by atoms with Gasteiger partial charge in [-0.2, -0.15) is 5.10 Å². The van der Waals surface area contributed by atoms with Crippen LogP contribution in [0.3, 0.4) is 0 Å². The van der Waals surface area contributed by atoms with Gasteiger partial charge in [-0.15, -0.1) is 11.3 Å². The number of aromatic nitrogens is 4. The summed E-state index contributed by atoms with van der Waals surface area (Å²) in [4.78, 5) is 12.7. The highest BCUT2D eigenvalue weighted by Crippen LogP contribution is 2.26. The molecule has 7 heteroatoms. The van der Waals surface area contributed by atoms with E-state index < -0.39 is 0 Å². The summed E-state index contributed by atoms with van der Waals surface area (Å²) in [7, 11) is 5.58. The number of rotatable bonds is 5. The van der Waals surface area contributed by atoms with Gasteiger partial charge in [0, 0.05) is 26.1 Å². The molecule has 0 atom stereocenters. The van der Waals surface area contributed by atoms with E-state index in [0.717, 1.165) is 23.4 Å². The lowest BCUT2D eigenvalue weighted by Gasteiger charge is -2.19. The highest BCUT2D eigenvalue weighted by molar-refractivity contribution is 7.10. The SMILES string of the molecule is COCc1nc(N(C)Cc2sccc2C)c2cnn(C)c2n1. The molecule has 3 rings (SSSR count). The molecule has 0 aliphatic rings. The molecular formula is C15H19N5OS. The lowest BCUT2D eigenvalue weighted by molar-refractivity contribution is 0.178. The maximum absolute atomic E-state index is 5.18. The van der Waals surface area contributed by atoms with Gasteiger partial charge in [0.2, 0.25) is 0 Å². The normalized spacial score (nSPS) is 11.3. The number of thiophene rings is 1. The van der Waals surface area contributed by atoms with Gasteiger partial charge in [0.25, 0.3) is 0 Å². The number of aryl methyl sites for hydroxylation is 2. The molecule has 0 radical (unpaired) electrons. The summed E-state index contributed by atoms with van der Waals surface area (Å²) < 4.78 is 6.95. The fourth-order valence-corrected chi connectivity index (χ4v) is 3.35. The largest absolute Gasteiger partial charge is 0.377 e.